The third kappa shape index (κ3) is 5.69. The fourth-order valence-corrected chi connectivity index (χ4v) is 2.05. The van der Waals surface area contributed by atoms with E-state index in [-0.39, 0.29) is 11.6 Å². The molecular weight excluding hydrogens is 286 g/mol. The molecule has 1 amide bonds. The van der Waals surface area contributed by atoms with Gasteiger partial charge in [0, 0.05) is 12.1 Å². The molecule has 0 spiro atoms. The van der Waals surface area contributed by atoms with Crippen molar-refractivity contribution in [3.63, 3.8) is 0 Å². The Kier molecular flexibility index (Phi) is 7.31. The molecule has 1 atom stereocenters. The number of nitrogens with one attached hydrogen (secondary N) is 2. The van der Waals surface area contributed by atoms with E-state index in [9.17, 15) is 14.9 Å². The van der Waals surface area contributed by atoms with Gasteiger partial charge in [0.1, 0.15) is 5.75 Å². The number of benzene rings is 1. The highest BCUT2D eigenvalue weighted by Gasteiger charge is 2.14. The van der Waals surface area contributed by atoms with Gasteiger partial charge in [-0.25, -0.2) is 0 Å². The van der Waals surface area contributed by atoms with Crippen molar-refractivity contribution in [3.8, 4) is 5.75 Å². The number of ether oxygens (including phenoxy) is 1. The molecule has 7 heteroatoms. The summed E-state index contributed by atoms with van der Waals surface area (Å²) in [6.07, 6.45) is 2.63. The average Bonchev–Trinajstić information content (AvgIpc) is 2.50. The SMILES string of the molecule is CCCC[NH+](C)CCC(=O)Nc1cc([N+](=O)[O-])ccc1OC. The van der Waals surface area contributed by atoms with Crippen LogP contribution in [0.4, 0.5) is 11.4 Å². The molecule has 1 unspecified atom stereocenters. The summed E-state index contributed by atoms with van der Waals surface area (Å²) in [4.78, 5) is 23.6. The fourth-order valence-electron chi connectivity index (χ4n) is 2.05. The number of anilines is 1. The van der Waals surface area contributed by atoms with Crippen LogP contribution in [-0.4, -0.2) is 38.1 Å². The first-order chi connectivity index (χ1) is 10.5. The number of rotatable bonds is 9. The third-order valence-electron chi connectivity index (χ3n) is 3.40. The smallest absolute Gasteiger partial charge is 0.271 e. The van der Waals surface area contributed by atoms with Crippen LogP contribution in [0, 0.1) is 10.1 Å². The van der Waals surface area contributed by atoms with Gasteiger partial charge in [0.15, 0.2) is 0 Å². The lowest BCUT2D eigenvalue weighted by Gasteiger charge is -2.14. The summed E-state index contributed by atoms with van der Waals surface area (Å²) in [6.45, 7) is 3.89. The minimum absolute atomic E-state index is 0.0817. The highest BCUT2D eigenvalue weighted by atomic mass is 16.6. The van der Waals surface area contributed by atoms with Crippen molar-refractivity contribution < 1.29 is 19.4 Å². The second-order valence-corrected chi connectivity index (χ2v) is 5.25. The molecule has 22 heavy (non-hydrogen) atoms. The number of unbranched alkanes of at least 4 members (excludes halogenated alkanes) is 1. The van der Waals surface area contributed by atoms with Crippen LogP contribution >= 0.6 is 0 Å². The van der Waals surface area contributed by atoms with E-state index in [4.69, 9.17) is 4.74 Å². The van der Waals surface area contributed by atoms with Gasteiger partial charge in [-0.1, -0.05) is 13.3 Å². The molecule has 0 radical (unpaired) electrons. The molecule has 2 N–H and O–H groups in total. The van der Waals surface area contributed by atoms with E-state index in [0.717, 1.165) is 25.9 Å². The number of carbonyl (C=O) groups excluding carboxylic acids is 1. The summed E-state index contributed by atoms with van der Waals surface area (Å²) in [5.41, 5.74) is 0.245. The van der Waals surface area contributed by atoms with Gasteiger partial charge in [0.05, 0.1) is 44.3 Å². The zero-order chi connectivity index (χ0) is 16.5. The molecule has 0 aliphatic carbocycles. The number of amides is 1. The van der Waals surface area contributed by atoms with Crippen LogP contribution in [0.2, 0.25) is 0 Å². The van der Waals surface area contributed by atoms with E-state index in [1.165, 1.54) is 30.2 Å². The second kappa shape index (κ2) is 8.99. The van der Waals surface area contributed by atoms with Crippen molar-refractivity contribution in [2.75, 3.05) is 32.6 Å². The molecule has 0 bridgehead atoms. The van der Waals surface area contributed by atoms with E-state index in [1.807, 2.05) is 0 Å². The van der Waals surface area contributed by atoms with Crippen LogP contribution in [0.5, 0.6) is 5.75 Å². The molecular formula is C15H24N3O4+. The maximum atomic E-state index is 12.0. The number of hydrogen-bond donors (Lipinski definition) is 2. The quantitative estimate of drug-likeness (QED) is 0.531. The minimum atomic E-state index is -0.502. The number of carbonyl (C=O) groups is 1. The highest BCUT2D eigenvalue weighted by Crippen LogP contribution is 2.28. The first-order valence-corrected chi connectivity index (χ1v) is 7.41. The summed E-state index contributed by atoms with van der Waals surface area (Å²) in [7, 11) is 3.51. The average molecular weight is 310 g/mol. The third-order valence-corrected chi connectivity index (χ3v) is 3.40. The molecule has 0 fully saturated rings. The van der Waals surface area contributed by atoms with Crippen molar-refractivity contribution in [1.82, 2.24) is 0 Å². The topological polar surface area (TPSA) is 85.9 Å². The van der Waals surface area contributed by atoms with Crippen LogP contribution in [0.1, 0.15) is 26.2 Å². The number of non-ortho nitro benzene ring substituents is 1. The lowest BCUT2D eigenvalue weighted by Crippen LogP contribution is -3.09. The molecule has 0 saturated carbocycles. The summed E-state index contributed by atoms with van der Waals surface area (Å²) < 4.78 is 5.12. The van der Waals surface area contributed by atoms with Gasteiger partial charge < -0.3 is 15.0 Å². The standard InChI is InChI=1S/C15H23N3O4/c1-4-5-9-17(2)10-8-15(19)16-13-11-12(18(20)21)6-7-14(13)22-3/h6-7,11H,4-5,8-10H2,1-3H3,(H,16,19)/p+1. The molecule has 1 aromatic rings. The fraction of sp³-hybridized carbons (Fsp3) is 0.533. The lowest BCUT2D eigenvalue weighted by molar-refractivity contribution is -0.879. The van der Waals surface area contributed by atoms with Crippen LogP contribution < -0.4 is 15.0 Å². The van der Waals surface area contributed by atoms with E-state index >= 15 is 0 Å². The Morgan fingerprint density at radius 3 is 2.73 bits per heavy atom. The highest BCUT2D eigenvalue weighted by molar-refractivity contribution is 5.92. The minimum Gasteiger partial charge on any atom is -0.495 e. The van der Waals surface area contributed by atoms with Crippen LogP contribution in [0.3, 0.4) is 0 Å². The zero-order valence-electron chi connectivity index (χ0n) is 13.3. The van der Waals surface area contributed by atoms with Crippen LogP contribution in [0.25, 0.3) is 0 Å². The number of quaternary nitrogens is 1. The van der Waals surface area contributed by atoms with Gasteiger partial charge in [0.25, 0.3) is 5.69 Å². The van der Waals surface area contributed by atoms with E-state index < -0.39 is 4.92 Å². The number of methoxy groups -OCH3 is 1. The predicted octanol–water partition coefficient (Wildman–Crippen LogP) is 1.25. The molecule has 0 aliphatic heterocycles. The molecule has 0 aliphatic rings. The number of hydrogen-bond acceptors (Lipinski definition) is 4. The van der Waals surface area contributed by atoms with Crippen LogP contribution in [-0.2, 0) is 4.79 Å². The van der Waals surface area contributed by atoms with E-state index in [2.05, 4.69) is 19.3 Å². The van der Waals surface area contributed by atoms with Gasteiger partial charge in [0.2, 0.25) is 5.91 Å². The van der Waals surface area contributed by atoms with E-state index in [0.29, 0.717) is 17.9 Å². The van der Waals surface area contributed by atoms with Crippen molar-refractivity contribution in [1.29, 1.82) is 0 Å². The second-order valence-electron chi connectivity index (χ2n) is 5.25. The number of nitro benzene ring substituents is 1. The first-order valence-electron chi connectivity index (χ1n) is 7.41. The Labute approximate surface area is 130 Å². The zero-order valence-corrected chi connectivity index (χ0v) is 13.3. The molecule has 0 heterocycles. The Morgan fingerprint density at radius 2 is 2.14 bits per heavy atom. The van der Waals surface area contributed by atoms with Crippen molar-refractivity contribution >= 4 is 17.3 Å². The Morgan fingerprint density at radius 1 is 1.41 bits per heavy atom. The van der Waals surface area contributed by atoms with Gasteiger partial charge in [-0.05, 0) is 12.5 Å². The van der Waals surface area contributed by atoms with Crippen LogP contribution in [0.15, 0.2) is 18.2 Å². The van der Waals surface area contributed by atoms with Crippen molar-refractivity contribution in [3.05, 3.63) is 28.3 Å². The van der Waals surface area contributed by atoms with E-state index in [1.54, 1.807) is 0 Å². The van der Waals surface area contributed by atoms with Gasteiger partial charge >= 0.3 is 0 Å². The van der Waals surface area contributed by atoms with Gasteiger partial charge in [-0.15, -0.1) is 0 Å². The monoisotopic (exact) mass is 310 g/mol. The lowest BCUT2D eigenvalue weighted by atomic mass is 10.2. The molecule has 1 aromatic carbocycles. The normalized spacial score (nSPS) is 11.8. The molecule has 7 nitrogen and oxygen atoms in total. The number of nitro groups is 1. The summed E-state index contributed by atoms with van der Waals surface area (Å²) in [5.74, 6) is 0.236. The number of nitrogens with zero attached hydrogens (tertiary/aromatic N) is 1. The maximum absolute atomic E-state index is 12.0. The Balaban J connectivity index is 2.63. The first kappa shape index (κ1) is 17.9. The summed E-state index contributed by atoms with van der Waals surface area (Å²) in [5, 5.41) is 13.5. The van der Waals surface area contributed by atoms with Gasteiger partial charge in [-0.3, -0.25) is 14.9 Å². The Hall–Kier alpha value is -2.15. The largest absolute Gasteiger partial charge is 0.495 e. The summed E-state index contributed by atoms with van der Waals surface area (Å²) in [6, 6.07) is 4.13. The Bertz CT molecular complexity index is 520. The van der Waals surface area contributed by atoms with Crippen molar-refractivity contribution in [2.24, 2.45) is 0 Å². The predicted molar refractivity (Wildman–Crippen MR) is 84.4 cm³/mol. The molecule has 122 valence electrons. The molecule has 1 rings (SSSR count). The maximum Gasteiger partial charge on any atom is 0.271 e. The molecule has 0 aromatic heterocycles. The van der Waals surface area contributed by atoms with Crippen molar-refractivity contribution in [2.45, 2.75) is 26.2 Å². The van der Waals surface area contributed by atoms with Gasteiger partial charge in [-0.2, -0.15) is 0 Å². The molecule has 0 saturated heterocycles. The summed E-state index contributed by atoms with van der Waals surface area (Å²) >= 11 is 0.